The van der Waals surface area contributed by atoms with Gasteiger partial charge in [-0.15, -0.1) is 10.2 Å². The Bertz CT molecular complexity index is 1370. The molecule has 0 atom stereocenters. The molecule has 2 aromatic carbocycles. The van der Waals surface area contributed by atoms with E-state index in [2.05, 4.69) is 10.2 Å². The molecule has 158 valence electrons. The van der Waals surface area contributed by atoms with E-state index < -0.39 is 5.97 Å². The van der Waals surface area contributed by atoms with Crippen LogP contribution in [0.1, 0.15) is 28.7 Å². The second kappa shape index (κ2) is 8.02. The van der Waals surface area contributed by atoms with Crippen LogP contribution in [-0.2, 0) is 23.2 Å². The molecular weight excluding hydrogens is 400 g/mol. The smallest absolute Gasteiger partial charge is 0.344 e. The van der Waals surface area contributed by atoms with E-state index in [1.165, 1.54) is 11.5 Å². The number of fused-ring (bicyclic) bond motifs is 3. The lowest BCUT2D eigenvalue weighted by atomic mass is 10.1. The van der Waals surface area contributed by atoms with Crippen LogP contribution >= 0.6 is 0 Å². The highest BCUT2D eigenvalue weighted by atomic mass is 16.6. The van der Waals surface area contributed by atoms with Gasteiger partial charge in [-0.3, -0.25) is 18.6 Å². The monoisotopic (exact) mass is 420 g/mol. The fourth-order valence-corrected chi connectivity index (χ4v) is 3.27. The molecule has 0 bridgehead atoms. The average molecular weight is 420 g/mol. The Labute approximate surface area is 176 Å². The van der Waals surface area contributed by atoms with E-state index in [4.69, 9.17) is 9.47 Å². The van der Waals surface area contributed by atoms with Crippen LogP contribution in [0.2, 0.25) is 0 Å². The number of nitrogens with zero attached hydrogens (tertiary/aromatic N) is 4. The van der Waals surface area contributed by atoms with Crippen LogP contribution < -0.4 is 10.3 Å². The van der Waals surface area contributed by atoms with Gasteiger partial charge in [-0.1, -0.05) is 11.6 Å². The lowest BCUT2D eigenvalue weighted by molar-refractivity contribution is -0.147. The molecule has 9 nitrogen and oxygen atoms in total. The van der Waals surface area contributed by atoms with Gasteiger partial charge in [0.25, 0.3) is 5.56 Å². The SMILES string of the molecule is CC(=O)c1ccc(OCC(=O)OCc2nnc3n(C)c(=O)c4cc(C)ccc4n23)cc1. The largest absolute Gasteiger partial charge is 0.482 e. The lowest BCUT2D eigenvalue weighted by Gasteiger charge is -2.09. The van der Waals surface area contributed by atoms with Crippen molar-refractivity contribution in [1.29, 1.82) is 0 Å². The molecule has 2 heterocycles. The van der Waals surface area contributed by atoms with Gasteiger partial charge in [-0.2, -0.15) is 0 Å². The zero-order valence-electron chi connectivity index (χ0n) is 17.3. The van der Waals surface area contributed by atoms with Crippen molar-refractivity contribution in [3.8, 4) is 5.75 Å². The van der Waals surface area contributed by atoms with E-state index in [1.54, 1.807) is 41.8 Å². The molecule has 0 radical (unpaired) electrons. The fraction of sp³-hybridized carbons (Fsp3) is 0.227. The second-order valence-corrected chi connectivity index (χ2v) is 7.17. The van der Waals surface area contributed by atoms with Crippen LogP contribution in [0.25, 0.3) is 16.7 Å². The number of esters is 1. The van der Waals surface area contributed by atoms with Gasteiger partial charge in [0.2, 0.25) is 5.78 Å². The highest BCUT2D eigenvalue weighted by Crippen LogP contribution is 2.17. The molecule has 0 aliphatic carbocycles. The molecule has 4 aromatic rings. The Kier molecular flexibility index (Phi) is 5.24. The quantitative estimate of drug-likeness (QED) is 0.348. The molecular formula is C22H20N4O5. The molecule has 0 saturated heterocycles. The predicted molar refractivity (Wildman–Crippen MR) is 112 cm³/mol. The minimum absolute atomic E-state index is 0.0494. The summed E-state index contributed by atoms with van der Waals surface area (Å²) in [5.41, 5.74) is 1.98. The number of ether oxygens (including phenoxy) is 2. The summed E-state index contributed by atoms with van der Waals surface area (Å²) in [6, 6.07) is 12.0. The summed E-state index contributed by atoms with van der Waals surface area (Å²) in [5, 5.41) is 8.69. The van der Waals surface area contributed by atoms with Crippen molar-refractivity contribution >= 4 is 28.4 Å². The molecule has 0 aliphatic heterocycles. The Hall–Kier alpha value is -4.01. The van der Waals surface area contributed by atoms with Crippen molar-refractivity contribution in [2.24, 2.45) is 7.05 Å². The van der Waals surface area contributed by atoms with E-state index in [0.717, 1.165) is 5.56 Å². The molecule has 0 spiro atoms. The highest BCUT2D eigenvalue weighted by molar-refractivity contribution is 5.94. The van der Waals surface area contributed by atoms with Crippen molar-refractivity contribution in [2.75, 3.05) is 6.61 Å². The van der Waals surface area contributed by atoms with E-state index in [1.807, 2.05) is 19.1 Å². The number of hydrogen-bond acceptors (Lipinski definition) is 7. The van der Waals surface area contributed by atoms with Gasteiger partial charge < -0.3 is 9.47 Å². The molecule has 9 heteroatoms. The standard InChI is InChI=1S/C22H20N4O5/c1-13-4-9-18-17(10-13)21(29)25(3)22-24-23-19(26(18)22)11-31-20(28)12-30-16-7-5-15(6-8-16)14(2)27/h4-10H,11-12H2,1-3H3. The molecule has 0 saturated carbocycles. The van der Waals surface area contributed by atoms with Gasteiger partial charge in [0.1, 0.15) is 5.75 Å². The second-order valence-electron chi connectivity index (χ2n) is 7.17. The van der Waals surface area contributed by atoms with Crippen LogP contribution in [0.3, 0.4) is 0 Å². The minimum atomic E-state index is -0.586. The van der Waals surface area contributed by atoms with E-state index in [0.29, 0.717) is 33.8 Å². The summed E-state index contributed by atoms with van der Waals surface area (Å²) in [6.45, 7) is 2.96. The third kappa shape index (κ3) is 3.89. The molecule has 0 amide bonds. The maximum atomic E-state index is 12.6. The van der Waals surface area contributed by atoms with Crippen molar-refractivity contribution in [3.63, 3.8) is 0 Å². The summed E-state index contributed by atoms with van der Waals surface area (Å²) >= 11 is 0. The summed E-state index contributed by atoms with van der Waals surface area (Å²) in [6.07, 6.45) is 0. The molecule has 4 rings (SSSR count). The molecule has 0 unspecified atom stereocenters. The zero-order chi connectivity index (χ0) is 22.1. The molecule has 31 heavy (non-hydrogen) atoms. The number of aromatic nitrogens is 4. The first-order chi connectivity index (χ1) is 14.8. The number of benzene rings is 2. The maximum absolute atomic E-state index is 12.6. The Balaban J connectivity index is 1.50. The normalized spacial score (nSPS) is 11.1. The topological polar surface area (TPSA) is 105 Å². The first-order valence-corrected chi connectivity index (χ1v) is 9.58. The number of Topliss-reactive ketones (excluding diaryl/α,β-unsaturated/α-hetero) is 1. The van der Waals surface area contributed by atoms with Crippen LogP contribution in [0.4, 0.5) is 0 Å². The van der Waals surface area contributed by atoms with Crippen LogP contribution in [0, 0.1) is 6.92 Å². The Morgan fingerprint density at radius 1 is 1.06 bits per heavy atom. The number of hydrogen-bond donors (Lipinski definition) is 0. The number of rotatable bonds is 6. The molecule has 0 aliphatic rings. The molecule has 0 fully saturated rings. The first-order valence-electron chi connectivity index (χ1n) is 9.58. The predicted octanol–water partition coefficient (Wildman–Crippen LogP) is 2.21. The van der Waals surface area contributed by atoms with Crippen LogP contribution in [-0.4, -0.2) is 37.5 Å². The van der Waals surface area contributed by atoms with Crippen molar-refractivity contribution < 1.29 is 19.1 Å². The van der Waals surface area contributed by atoms with Gasteiger partial charge in [0.15, 0.2) is 24.8 Å². The van der Waals surface area contributed by atoms with Crippen LogP contribution in [0.15, 0.2) is 47.3 Å². The summed E-state index contributed by atoms with van der Waals surface area (Å²) in [5.74, 6) is 0.558. The molecule has 2 aromatic heterocycles. The highest BCUT2D eigenvalue weighted by Gasteiger charge is 2.16. The van der Waals surface area contributed by atoms with Gasteiger partial charge in [-0.05, 0) is 50.2 Å². The maximum Gasteiger partial charge on any atom is 0.344 e. The van der Waals surface area contributed by atoms with Gasteiger partial charge in [0, 0.05) is 12.6 Å². The number of carbonyl (C=O) groups excluding carboxylic acids is 2. The number of ketones is 1. The van der Waals surface area contributed by atoms with Crippen molar-refractivity contribution in [1.82, 2.24) is 19.2 Å². The van der Waals surface area contributed by atoms with E-state index in [-0.39, 0.29) is 24.6 Å². The lowest BCUT2D eigenvalue weighted by Crippen LogP contribution is -2.21. The third-order valence-electron chi connectivity index (χ3n) is 4.92. The van der Waals surface area contributed by atoms with Crippen molar-refractivity contribution in [2.45, 2.75) is 20.5 Å². The number of aryl methyl sites for hydroxylation is 2. The Morgan fingerprint density at radius 3 is 2.52 bits per heavy atom. The fourth-order valence-electron chi connectivity index (χ4n) is 3.27. The van der Waals surface area contributed by atoms with Gasteiger partial charge in [0.05, 0.1) is 10.9 Å². The van der Waals surface area contributed by atoms with Gasteiger partial charge >= 0.3 is 5.97 Å². The third-order valence-corrected chi connectivity index (χ3v) is 4.92. The first kappa shape index (κ1) is 20.3. The van der Waals surface area contributed by atoms with Crippen molar-refractivity contribution in [3.05, 3.63) is 69.8 Å². The summed E-state index contributed by atoms with van der Waals surface area (Å²) < 4.78 is 13.8. The van der Waals surface area contributed by atoms with Crippen LogP contribution in [0.5, 0.6) is 5.75 Å². The summed E-state index contributed by atoms with van der Waals surface area (Å²) in [7, 11) is 1.62. The van der Waals surface area contributed by atoms with Gasteiger partial charge in [-0.25, -0.2) is 4.79 Å². The van der Waals surface area contributed by atoms with E-state index in [9.17, 15) is 14.4 Å². The summed E-state index contributed by atoms with van der Waals surface area (Å²) in [4.78, 5) is 36.1. The zero-order valence-corrected chi connectivity index (χ0v) is 17.3. The van der Waals surface area contributed by atoms with E-state index >= 15 is 0 Å². The average Bonchev–Trinajstić information content (AvgIpc) is 3.19. The number of carbonyl (C=O) groups is 2. The molecule has 0 N–H and O–H groups in total. The Morgan fingerprint density at radius 2 is 1.81 bits per heavy atom. The minimum Gasteiger partial charge on any atom is -0.482 e.